The van der Waals surface area contributed by atoms with Gasteiger partial charge in [-0.2, -0.15) is 0 Å². The highest BCUT2D eigenvalue weighted by Crippen LogP contribution is 2.25. The van der Waals surface area contributed by atoms with Crippen LogP contribution < -0.4 is 0 Å². The Balaban J connectivity index is 1.41. The topological polar surface area (TPSA) is 28.5 Å². The van der Waals surface area contributed by atoms with E-state index in [2.05, 4.69) is 47.5 Å². The molecule has 4 rings (SSSR count). The van der Waals surface area contributed by atoms with Crippen molar-refractivity contribution in [1.82, 2.24) is 14.4 Å². The third-order valence-electron chi connectivity index (χ3n) is 5.20. The zero-order valence-corrected chi connectivity index (χ0v) is 15.6. The van der Waals surface area contributed by atoms with Crippen molar-refractivity contribution in [2.45, 2.75) is 13.5 Å². The minimum absolute atomic E-state index is 0.154. The van der Waals surface area contributed by atoms with Gasteiger partial charge in [-0.15, -0.1) is 11.3 Å². The average molecular weight is 353 g/mol. The summed E-state index contributed by atoms with van der Waals surface area (Å²) in [4.78, 5) is 17.3. The van der Waals surface area contributed by atoms with Crippen molar-refractivity contribution in [2.24, 2.45) is 7.05 Å². The van der Waals surface area contributed by atoms with Crippen molar-refractivity contribution in [3.05, 3.63) is 58.6 Å². The Morgan fingerprint density at radius 2 is 1.88 bits per heavy atom. The SMILES string of the molecule is Cc1ccccc1CN1CCN(C(=O)c2cc3sccc3n2C)CC1. The third kappa shape index (κ3) is 3.10. The van der Waals surface area contributed by atoms with Crippen molar-refractivity contribution < 1.29 is 4.79 Å². The lowest BCUT2D eigenvalue weighted by molar-refractivity contribution is 0.0619. The van der Waals surface area contributed by atoms with Crippen molar-refractivity contribution in [3.8, 4) is 0 Å². The van der Waals surface area contributed by atoms with E-state index in [4.69, 9.17) is 0 Å². The summed E-state index contributed by atoms with van der Waals surface area (Å²) in [6.07, 6.45) is 0. The van der Waals surface area contributed by atoms with Crippen molar-refractivity contribution >= 4 is 27.5 Å². The lowest BCUT2D eigenvalue weighted by Crippen LogP contribution is -2.48. The zero-order valence-electron chi connectivity index (χ0n) is 14.7. The van der Waals surface area contributed by atoms with Crippen LogP contribution in [0.5, 0.6) is 0 Å². The number of aryl methyl sites for hydroxylation is 2. The number of piperazine rings is 1. The number of hydrogen-bond donors (Lipinski definition) is 0. The van der Waals surface area contributed by atoms with E-state index in [0.29, 0.717) is 0 Å². The standard InChI is InChI=1S/C20H23N3OS/c1-15-5-3-4-6-16(15)14-22-8-10-23(11-9-22)20(24)18-13-19-17(21(18)2)7-12-25-19/h3-7,12-13H,8-11,14H2,1-2H3. The number of nitrogens with zero attached hydrogens (tertiary/aromatic N) is 3. The highest BCUT2D eigenvalue weighted by atomic mass is 32.1. The molecule has 0 radical (unpaired) electrons. The zero-order chi connectivity index (χ0) is 17.4. The van der Waals surface area contributed by atoms with Crippen molar-refractivity contribution in [2.75, 3.05) is 26.2 Å². The van der Waals surface area contributed by atoms with E-state index in [0.717, 1.165) is 43.9 Å². The fourth-order valence-corrected chi connectivity index (χ4v) is 4.40. The molecule has 1 aliphatic heterocycles. The first-order valence-corrected chi connectivity index (χ1v) is 9.60. The minimum Gasteiger partial charge on any atom is -0.339 e. The summed E-state index contributed by atoms with van der Waals surface area (Å²) >= 11 is 1.69. The van der Waals surface area contributed by atoms with Gasteiger partial charge in [0.2, 0.25) is 0 Å². The van der Waals surface area contributed by atoms with Crippen molar-refractivity contribution in [1.29, 1.82) is 0 Å². The van der Waals surface area contributed by atoms with Crippen LogP contribution in [0.3, 0.4) is 0 Å². The first-order chi connectivity index (χ1) is 12.1. The van der Waals surface area contributed by atoms with Gasteiger partial charge in [0, 0.05) is 39.8 Å². The van der Waals surface area contributed by atoms with Crippen LogP contribution in [-0.2, 0) is 13.6 Å². The lowest BCUT2D eigenvalue weighted by Gasteiger charge is -2.35. The molecule has 25 heavy (non-hydrogen) atoms. The summed E-state index contributed by atoms with van der Waals surface area (Å²) in [5.41, 5.74) is 4.66. The van der Waals surface area contributed by atoms with Crippen LogP contribution in [0.2, 0.25) is 0 Å². The molecule has 0 atom stereocenters. The largest absolute Gasteiger partial charge is 0.339 e. The number of rotatable bonds is 3. The van der Waals surface area contributed by atoms with Gasteiger partial charge in [0.25, 0.3) is 5.91 Å². The Morgan fingerprint density at radius 3 is 2.60 bits per heavy atom. The highest BCUT2D eigenvalue weighted by Gasteiger charge is 2.24. The molecule has 1 fully saturated rings. The molecule has 0 bridgehead atoms. The van der Waals surface area contributed by atoms with E-state index < -0.39 is 0 Å². The minimum atomic E-state index is 0.154. The molecule has 130 valence electrons. The molecule has 4 nitrogen and oxygen atoms in total. The lowest BCUT2D eigenvalue weighted by atomic mass is 10.1. The molecule has 1 amide bonds. The first-order valence-electron chi connectivity index (χ1n) is 8.72. The fourth-order valence-electron chi connectivity index (χ4n) is 3.55. The van der Waals surface area contributed by atoms with Gasteiger partial charge < -0.3 is 9.47 Å². The summed E-state index contributed by atoms with van der Waals surface area (Å²) in [5, 5.41) is 2.07. The van der Waals surface area contributed by atoms with E-state index in [1.165, 1.54) is 15.8 Å². The van der Waals surface area contributed by atoms with Gasteiger partial charge in [-0.1, -0.05) is 24.3 Å². The average Bonchev–Trinajstić information content (AvgIpc) is 3.20. The fraction of sp³-hybridized carbons (Fsp3) is 0.350. The summed E-state index contributed by atoms with van der Waals surface area (Å²) in [5.74, 6) is 0.154. The molecule has 2 aromatic heterocycles. The van der Waals surface area contributed by atoms with E-state index in [1.54, 1.807) is 11.3 Å². The number of hydrogen-bond acceptors (Lipinski definition) is 3. The molecule has 0 saturated carbocycles. The number of carbonyl (C=O) groups is 1. The highest BCUT2D eigenvalue weighted by molar-refractivity contribution is 7.17. The van der Waals surface area contributed by atoms with Crippen LogP contribution >= 0.6 is 11.3 Å². The number of thiophene rings is 1. The van der Waals surface area contributed by atoms with Crippen LogP contribution in [-0.4, -0.2) is 46.5 Å². The van der Waals surface area contributed by atoms with Crippen LogP contribution in [0.25, 0.3) is 10.2 Å². The number of fused-ring (bicyclic) bond motifs is 1. The summed E-state index contributed by atoms with van der Waals surface area (Å²) in [6.45, 7) is 6.58. The van der Waals surface area contributed by atoms with Gasteiger partial charge in [0.1, 0.15) is 5.69 Å². The quantitative estimate of drug-likeness (QED) is 0.721. The molecule has 3 aromatic rings. The Kier molecular flexibility index (Phi) is 4.36. The third-order valence-corrected chi connectivity index (χ3v) is 6.05. The maximum atomic E-state index is 12.9. The summed E-state index contributed by atoms with van der Waals surface area (Å²) < 4.78 is 3.21. The van der Waals surface area contributed by atoms with Crippen LogP contribution in [0.1, 0.15) is 21.6 Å². The molecule has 0 N–H and O–H groups in total. The number of amides is 1. The van der Waals surface area contributed by atoms with Crippen molar-refractivity contribution in [3.63, 3.8) is 0 Å². The molecule has 1 aliphatic rings. The predicted molar refractivity (Wildman–Crippen MR) is 103 cm³/mol. The van der Waals surface area contributed by atoms with Gasteiger partial charge in [0.05, 0.1) is 10.2 Å². The van der Waals surface area contributed by atoms with Gasteiger partial charge in [-0.3, -0.25) is 9.69 Å². The van der Waals surface area contributed by atoms with Gasteiger partial charge in [0.15, 0.2) is 0 Å². The van der Waals surface area contributed by atoms with E-state index in [1.807, 2.05) is 22.6 Å². The number of aromatic nitrogens is 1. The van der Waals surface area contributed by atoms with Gasteiger partial charge >= 0.3 is 0 Å². The van der Waals surface area contributed by atoms with E-state index in [-0.39, 0.29) is 5.91 Å². The van der Waals surface area contributed by atoms with Crippen LogP contribution in [0, 0.1) is 6.92 Å². The molecular weight excluding hydrogens is 330 g/mol. The maximum Gasteiger partial charge on any atom is 0.270 e. The Hall–Kier alpha value is -2.11. The molecule has 1 aromatic carbocycles. The maximum absolute atomic E-state index is 12.9. The second-order valence-corrected chi connectivity index (χ2v) is 7.70. The number of benzene rings is 1. The molecule has 0 unspecified atom stereocenters. The van der Waals surface area contributed by atoms with Gasteiger partial charge in [-0.25, -0.2) is 0 Å². The Labute approximate surface area is 152 Å². The second kappa shape index (κ2) is 6.65. The predicted octanol–water partition coefficient (Wildman–Crippen LogP) is 3.51. The summed E-state index contributed by atoms with van der Waals surface area (Å²) in [6, 6.07) is 12.7. The van der Waals surface area contributed by atoms with E-state index in [9.17, 15) is 4.79 Å². The summed E-state index contributed by atoms with van der Waals surface area (Å²) in [7, 11) is 1.98. The number of carbonyl (C=O) groups excluding carboxylic acids is 1. The smallest absolute Gasteiger partial charge is 0.270 e. The Morgan fingerprint density at radius 1 is 1.12 bits per heavy atom. The second-order valence-electron chi connectivity index (χ2n) is 6.75. The molecule has 5 heteroatoms. The molecular formula is C20H23N3OS. The molecule has 1 saturated heterocycles. The monoisotopic (exact) mass is 353 g/mol. The molecule has 0 aliphatic carbocycles. The van der Waals surface area contributed by atoms with Crippen LogP contribution in [0.15, 0.2) is 41.8 Å². The first kappa shape index (κ1) is 16.4. The Bertz CT molecular complexity index is 903. The van der Waals surface area contributed by atoms with E-state index >= 15 is 0 Å². The normalized spacial score (nSPS) is 15.8. The molecule has 3 heterocycles. The van der Waals surface area contributed by atoms with Crippen LogP contribution in [0.4, 0.5) is 0 Å². The molecule has 0 spiro atoms. The van der Waals surface area contributed by atoms with Gasteiger partial charge in [-0.05, 0) is 35.6 Å².